The molecule has 0 N–H and O–H groups in total. The Balaban J connectivity index is 1.97. The Labute approximate surface area is 115 Å². The normalized spacial score (nSPS) is 10.6. The second-order valence-corrected chi connectivity index (χ2v) is 4.91. The summed E-state index contributed by atoms with van der Waals surface area (Å²) in [6.45, 7) is -0.00627. The zero-order chi connectivity index (χ0) is 13.0. The first-order chi connectivity index (χ1) is 8.69. The molecule has 0 amide bonds. The second-order valence-electron chi connectivity index (χ2n) is 3.19. The third-order valence-electron chi connectivity index (χ3n) is 1.98. The van der Waals surface area contributed by atoms with Crippen LogP contribution in [-0.4, -0.2) is 33.3 Å². The largest absolute Gasteiger partial charge is 0.468 e. The van der Waals surface area contributed by atoms with Gasteiger partial charge in [-0.3, -0.25) is 4.79 Å². The lowest BCUT2D eigenvalue weighted by molar-refractivity contribution is -0.141. The summed E-state index contributed by atoms with van der Waals surface area (Å²) in [6.07, 6.45) is 0. The summed E-state index contributed by atoms with van der Waals surface area (Å²) in [4.78, 5) is 11.1. The number of hydrogen-bond donors (Lipinski definition) is 0. The van der Waals surface area contributed by atoms with Gasteiger partial charge in [-0.1, -0.05) is 11.8 Å². The van der Waals surface area contributed by atoms with Crippen molar-refractivity contribution in [1.82, 2.24) is 20.2 Å². The minimum absolute atomic E-state index is 0.00627. The van der Waals surface area contributed by atoms with E-state index in [4.69, 9.17) is 4.42 Å². The van der Waals surface area contributed by atoms with Crippen molar-refractivity contribution in [1.29, 1.82) is 0 Å². The third-order valence-corrected chi connectivity index (χ3v) is 3.38. The van der Waals surface area contributed by atoms with E-state index in [1.807, 2.05) is 12.1 Å². The number of aromatic nitrogens is 4. The van der Waals surface area contributed by atoms with Gasteiger partial charge in [0, 0.05) is 0 Å². The zero-order valence-electron chi connectivity index (χ0n) is 9.37. The number of esters is 1. The molecular weight excluding hydrogens is 324 g/mol. The molecule has 18 heavy (non-hydrogen) atoms. The second kappa shape index (κ2) is 6.01. The number of methoxy groups -OCH3 is 1. The maximum absolute atomic E-state index is 11.1. The Morgan fingerprint density at radius 1 is 1.61 bits per heavy atom. The highest BCUT2D eigenvalue weighted by Crippen LogP contribution is 2.23. The van der Waals surface area contributed by atoms with Gasteiger partial charge < -0.3 is 9.15 Å². The Bertz CT molecular complexity index is 541. The smallest absolute Gasteiger partial charge is 0.327 e. The zero-order valence-corrected chi connectivity index (χ0v) is 11.8. The number of nitrogens with zero attached hydrogens (tertiary/aromatic N) is 4. The molecule has 7 nitrogen and oxygen atoms in total. The summed E-state index contributed by atoms with van der Waals surface area (Å²) in [5.41, 5.74) is 0. The van der Waals surface area contributed by atoms with Crippen LogP contribution in [0, 0.1) is 0 Å². The van der Waals surface area contributed by atoms with Crippen LogP contribution >= 0.6 is 27.7 Å². The first-order valence-corrected chi connectivity index (χ1v) is 6.67. The number of carbonyl (C=O) groups excluding carboxylic acids is 1. The van der Waals surface area contributed by atoms with E-state index in [1.54, 1.807) is 0 Å². The van der Waals surface area contributed by atoms with Crippen LogP contribution in [0.3, 0.4) is 0 Å². The number of halogens is 1. The maximum Gasteiger partial charge on any atom is 0.327 e. The van der Waals surface area contributed by atoms with Crippen LogP contribution in [0.1, 0.15) is 5.76 Å². The van der Waals surface area contributed by atoms with Crippen molar-refractivity contribution in [3.63, 3.8) is 0 Å². The van der Waals surface area contributed by atoms with Gasteiger partial charge in [0.2, 0.25) is 5.16 Å². The number of rotatable bonds is 5. The number of ether oxygens (including phenoxy) is 1. The summed E-state index contributed by atoms with van der Waals surface area (Å²) >= 11 is 4.60. The summed E-state index contributed by atoms with van der Waals surface area (Å²) in [7, 11) is 1.32. The van der Waals surface area contributed by atoms with Gasteiger partial charge in [-0.15, -0.1) is 5.10 Å². The lowest BCUT2D eigenvalue weighted by atomic mass is 10.5. The molecule has 9 heteroatoms. The molecule has 0 aliphatic heterocycles. The van der Waals surface area contributed by atoms with Gasteiger partial charge in [0.1, 0.15) is 12.3 Å². The lowest BCUT2D eigenvalue weighted by Crippen LogP contribution is -2.13. The predicted molar refractivity (Wildman–Crippen MR) is 65.8 cm³/mol. The fraction of sp³-hybridized carbons (Fsp3) is 0.333. The van der Waals surface area contributed by atoms with E-state index >= 15 is 0 Å². The van der Waals surface area contributed by atoms with Crippen molar-refractivity contribution in [3.8, 4) is 0 Å². The van der Waals surface area contributed by atoms with Crippen LogP contribution in [0.15, 0.2) is 26.4 Å². The molecule has 0 atom stereocenters. The van der Waals surface area contributed by atoms with Gasteiger partial charge >= 0.3 is 5.97 Å². The molecule has 2 rings (SSSR count). The predicted octanol–water partition coefficient (Wildman–Crippen LogP) is 1.49. The van der Waals surface area contributed by atoms with E-state index in [0.717, 1.165) is 5.76 Å². The summed E-state index contributed by atoms with van der Waals surface area (Å²) < 4.78 is 12.0. The van der Waals surface area contributed by atoms with Gasteiger partial charge in [-0.2, -0.15) is 0 Å². The summed E-state index contributed by atoms with van der Waals surface area (Å²) in [6, 6.07) is 3.67. The minimum atomic E-state index is -0.398. The van der Waals surface area contributed by atoms with Gasteiger partial charge in [0.25, 0.3) is 0 Å². The van der Waals surface area contributed by atoms with Gasteiger partial charge in [0.05, 0.1) is 12.9 Å². The van der Waals surface area contributed by atoms with Crippen molar-refractivity contribution in [2.45, 2.75) is 17.5 Å². The van der Waals surface area contributed by atoms with Crippen molar-refractivity contribution in [2.75, 3.05) is 7.11 Å². The average molecular weight is 333 g/mol. The Morgan fingerprint density at radius 3 is 3.11 bits per heavy atom. The van der Waals surface area contributed by atoms with E-state index < -0.39 is 5.97 Å². The quantitative estimate of drug-likeness (QED) is 0.605. The van der Waals surface area contributed by atoms with Crippen LogP contribution in [0.4, 0.5) is 0 Å². The van der Waals surface area contributed by atoms with Crippen molar-refractivity contribution < 1.29 is 13.9 Å². The highest BCUT2D eigenvalue weighted by molar-refractivity contribution is 9.10. The molecule has 0 aromatic carbocycles. The van der Waals surface area contributed by atoms with Crippen LogP contribution in [0.25, 0.3) is 0 Å². The van der Waals surface area contributed by atoms with Gasteiger partial charge in [-0.05, 0) is 38.5 Å². The number of thioether (sulfide) groups is 1. The molecule has 96 valence electrons. The molecule has 2 aromatic heterocycles. The average Bonchev–Trinajstić information content (AvgIpc) is 2.96. The third kappa shape index (κ3) is 3.33. The van der Waals surface area contributed by atoms with Crippen LogP contribution in [0.5, 0.6) is 0 Å². The highest BCUT2D eigenvalue weighted by atomic mass is 79.9. The topological polar surface area (TPSA) is 83.0 Å². The first-order valence-electron chi connectivity index (χ1n) is 4.89. The Hall–Kier alpha value is -1.35. The van der Waals surface area contributed by atoms with Crippen molar-refractivity contribution >= 4 is 33.7 Å². The molecule has 2 aromatic rings. The number of hydrogen-bond acceptors (Lipinski definition) is 7. The fourth-order valence-corrected chi connectivity index (χ4v) is 2.26. The van der Waals surface area contributed by atoms with E-state index in [0.29, 0.717) is 15.6 Å². The molecule has 0 bridgehead atoms. The van der Waals surface area contributed by atoms with Crippen molar-refractivity contribution in [3.05, 3.63) is 22.6 Å². The number of carbonyl (C=O) groups is 1. The molecule has 0 fully saturated rings. The molecule has 0 spiro atoms. The van der Waals surface area contributed by atoms with E-state index in [2.05, 4.69) is 36.2 Å². The maximum atomic E-state index is 11.1. The molecule has 0 aliphatic carbocycles. The first kappa shape index (κ1) is 13.1. The van der Waals surface area contributed by atoms with E-state index in [-0.39, 0.29) is 6.54 Å². The van der Waals surface area contributed by atoms with Crippen LogP contribution in [0.2, 0.25) is 0 Å². The van der Waals surface area contributed by atoms with E-state index in [9.17, 15) is 4.79 Å². The monoisotopic (exact) mass is 332 g/mol. The Morgan fingerprint density at radius 2 is 2.44 bits per heavy atom. The lowest BCUT2D eigenvalue weighted by Gasteiger charge is -2.01. The van der Waals surface area contributed by atoms with E-state index in [1.165, 1.54) is 23.6 Å². The molecule has 0 unspecified atom stereocenters. The molecule has 0 saturated heterocycles. The van der Waals surface area contributed by atoms with Crippen molar-refractivity contribution in [2.24, 2.45) is 0 Å². The molecule has 0 aliphatic rings. The summed E-state index contributed by atoms with van der Waals surface area (Å²) in [5.74, 6) is 0.969. The summed E-state index contributed by atoms with van der Waals surface area (Å²) in [5, 5.41) is 11.6. The molecule has 2 heterocycles. The highest BCUT2D eigenvalue weighted by Gasteiger charge is 2.12. The number of tetrazole rings is 1. The fourth-order valence-electron chi connectivity index (χ4n) is 1.15. The SMILES string of the molecule is COC(=O)Cn1nnnc1SCc1ccc(Br)o1. The van der Waals surface area contributed by atoms with Gasteiger partial charge in [-0.25, -0.2) is 4.68 Å². The molecule has 0 radical (unpaired) electrons. The minimum Gasteiger partial charge on any atom is -0.468 e. The Kier molecular flexibility index (Phi) is 4.37. The molecular formula is C9H9BrN4O3S. The van der Waals surface area contributed by atoms with Gasteiger partial charge in [0.15, 0.2) is 4.67 Å². The van der Waals surface area contributed by atoms with Crippen LogP contribution in [-0.2, 0) is 21.8 Å². The number of furan rings is 1. The molecule has 0 saturated carbocycles. The van der Waals surface area contributed by atoms with Crippen LogP contribution < -0.4 is 0 Å². The standard InChI is InChI=1S/C9H9BrN4O3S/c1-16-8(15)4-14-9(11-12-13-14)18-5-6-2-3-7(10)17-6/h2-3H,4-5H2,1H3.